The van der Waals surface area contributed by atoms with Gasteiger partial charge in [-0.2, -0.15) is 0 Å². The average Bonchev–Trinajstić information content (AvgIpc) is 2.22. The molecule has 0 bridgehead atoms. The first kappa shape index (κ1) is 14.0. The molecule has 0 atom stereocenters. The zero-order valence-electron chi connectivity index (χ0n) is 10.6. The fourth-order valence-electron chi connectivity index (χ4n) is 2.46. The van der Waals surface area contributed by atoms with Gasteiger partial charge in [0.15, 0.2) is 0 Å². The first-order valence-electron chi connectivity index (χ1n) is 6.40. The molecule has 14 heavy (non-hydrogen) atoms. The van der Waals surface area contributed by atoms with E-state index in [-0.39, 0.29) is 0 Å². The van der Waals surface area contributed by atoms with Crippen LogP contribution in [0.1, 0.15) is 66.2 Å². The van der Waals surface area contributed by atoms with Gasteiger partial charge in [-0.25, -0.2) is 0 Å². The van der Waals surface area contributed by atoms with Crippen molar-refractivity contribution < 1.29 is 0 Å². The van der Waals surface area contributed by atoms with Gasteiger partial charge in [0.05, 0.1) is 0 Å². The maximum Gasteiger partial charge on any atom is -0.00489 e. The third kappa shape index (κ3) is 4.45. The molecule has 0 aromatic heterocycles. The van der Waals surface area contributed by atoms with Crippen LogP contribution in [0.3, 0.4) is 0 Å². The predicted octanol–water partition coefficient (Wildman–Crippen LogP) is 3.97. The molecule has 1 fully saturated rings. The first-order chi connectivity index (χ1) is 6.70. The lowest BCUT2D eigenvalue weighted by molar-refractivity contribution is 0.159. The minimum absolute atomic E-state index is 0.653. The van der Waals surface area contributed by atoms with Crippen molar-refractivity contribution in [3.05, 3.63) is 0 Å². The van der Waals surface area contributed by atoms with E-state index in [1.807, 2.05) is 13.8 Å². The molecule has 0 unspecified atom stereocenters. The van der Waals surface area contributed by atoms with Crippen LogP contribution in [0.5, 0.6) is 0 Å². The van der Waals surface area contributed by atoms with Crippen molar-refractivity contribution in [1.29, 1.82) is 0 Å². The van der Waals surface area contributed by atoms with E-state index < -0.39 is 0 Å². The van der Waals surface area contributed by atoms with Gasteiger partial charge in [0.2, 0.25) is 0 Å². The highest BCUT2D eigenvalue weighted by Crippen LogP contribution is 2.41. The molecular formula is C13H29N. The topological polar surface area (TPSA) is 26.0 Å². The minimum atomic E-state index is 0.653. The Morgan fingerprint density at radius 3 is 2.07 bits per heavy atom. The first-order valence-corrected chi connectivity index (χ1v) is 6.40. The molecule has 1 saturated carbocycles. The second-order valence-corrected chi connectivity index (χ2v) is 4.74. The van der Waals surface area contributed by atoms with Crippen molar-refractivity contribution >= 4 is 0 Å². The van der Waals surface area contributed by atoms with E-state index in [1.54, 1.807) is 0 Å². The molecule has 2 N–H and O–H groups in total. The Labute approximate surface area is 90.5 Å². The summed E-state index contributed by atoms with van der Waals surface area (Å²) in [7, 11) is 0. The van der Waals surface area contributed by atoms with Crippen LogP contribution >= 0.6 is 0 Å². The Morgan fingerprint density at radius 1 is 1.21 bits per heavy atom. The zero-order chi connectivity index (χ0) is 11.0. The molecule has 86 valence electrons. The molecule has 0 saturated heterocycles. The van der Waals surface area contributed by atoms with E-state index in [0.29, 0.717) is 5.41 Å². The monoisotopic (exact) mass is 199 g/mol. The quantitative estimate of drug-likeness (QED) is 0.731. The molecule has 1 nitrogen and oxygen atoms in total. The number of hydrogen-bond acceptors (Lipinski definition) is 1. The summed E-state index contributed by atoms with van der Waals surface area (Å²) in [5.74, 6) is 0.829. The molecule has 0 spiro atoms. The number of rotatable bonds is 3. The van der Waals surface area contributed by atoms with E-state index in [1.165, 1.54) is 38.5 Å². The lowest BCUT2D eigenvalue weighted by atomic mass is 9.69. The summed E-state index contributed by atoms with van der Waals surface area (Å²) in [4.78, 5) is 0. The molecule has 0 aromatic rings. The van der Waals surface area contributed by atoms with Crippen LogP contribution in [0, 0.1) is 11.3 Å². The summed E-state index contributed by atoms with van der Waals surface area (Å²) in [6.07, 6.45) is 8.29. The van der Waals surface area contributed by atoms with E-state index in [4.69, 9.17) is 5.73 Å². The van der Waals surface area contributed by atoms with Crippen LogP contribution in [-0.4, -0.2) is 6.54 Å². The SMILES string of the molecule is CC.CCCC1(C)CCC(CN)CC1. The van der Waals surface area contributed by atoms with Crippen LogP contribution < -0.4 is 5.73 Å². The van der Waals surface area contributed by atoms with Crippen molar-refractivity contribution in [2.45, 2.75) is 66.2 Å². The molecule has 1 heteroatoms. The number of hydrogen-bond donors (Lipinski definition) is 1. The maximum atomic E-state index is 5.67. The summed E-state index contributed by atoms with van der Waals surface area (Å²) in [5.41, 5.74) is 6.32. The fraction of sp³-hybridized carbons (Fsp3) is 1.00. The molecule has 1 aliphatic rings. The summed E-state index contributed by atoms with van der Waals surface area (Å²) in [6, 6.07) is 0. The molecule has 0 aliphatic heterocycles. The van der Waals surface area contributed by atoms with Crippen LogP contribution in [0.2, 0.25) is 0 Å². The van der Waals surface area contributed by atoms with Gasteiger partial charge in [0, 0.05) is 0 Å². The Balaban J connectivity index is 0.000000791. The van der Waals surface area contributed by atoms with Gasteiger partial charge in [0.25, 0.3) is 0 Å². The molecule has 0 aromatic carbocycles. The molecule has 1 aliphatic carbocycles. The van der Waals surface area contributed by atoms with Crippen molar-refractivity contribution in [2.75, 3.05) is 6.54 Å². The smallest absolute Gasteiger partial charge is 0.00489 e. The van der Waals surface area contributed by atoms with Crippen LogP contribution in [0.25, 0.3) is 0 Å². The van der Waals surface area contributed by atoms with Gasteiger partial charge in [-0.1, -0.05) is 34.1 Å². The molecule has 0 radical (unpaired) electrons. The van der Waals surface area contributed by atoms with Crippen LogP contribution in [0.4, 0.5) is 0 Å². The van der Waals surface area contributed by atoms with Crippen molar-refractivity contribution in [3.63, 3.8) is 0 Å². The minimum Gasteiger partial charge on any atom is -0.330 e. The van der Waals surface area contributed by atoms with E-state index >= 15 is 0 Å². The van der Waals surface area contributed by atoms with Gasteiger partial charge < -0.3 is 5.73 Å². The summed E-state index contributed by atoms with van der Waals surface area (Å²) in [6.45, 7) is 9.64. The van der Waals surface area contributed by atoms with Gasteiger partial charge >= 0.3 is 0 Å². The second-order valence-electron chi connectivity index (χ2n) is 4.74. The normalized spacial score (nSPS) is 31.9. The van der Waals surface area contributed by atoms with Gasteiger partial charge in [-0.3, -0.25) is 0 Å². The summed E-state index contributed by atoms with van der Waals surface area (Å²) < 4.78 is 0. The number of nitrogens with two attached hydrogens (primary N) is 1. The van der Waals surface area contributed by atoms with Crippen LogP contribution in [0.15, 0.2) is 0 Å². The van der Waals surface area contributed by atoms with Crippen molar-refractivity contribution in [3.8, 4) is 0 Å². The summed E-state index contributed by atoms with van der Waals surface area (Å²) in [5, 5.41) is 0. The standard InChI is InChI=1S/C11H23N.C2H6/c1-3-6-11(2)7-4-10(9-12)5-8-11;1-2/h10H,3-9,12H2,1-2H3;1-2H3. The van der Waals surface area contributed by atoms with E-state index in [9.17, 15) is 0 Å². The Bertz CT molecular complexity index is 123. The highest BCUT2D eigenvalue weighted by molar-refractivity contribution is 4.81. The molecule has 0 heterocycles. The highest BCUT2D eigenvalue weighted by atomic mass is 14.6. The highest BCUT2D eigenvalue weighted by Gasteiger charge is 2.29. The zero-order valence-corrected chi connectivity index (χ0v) is 10.6. The Morgan fingerprint density at radius 2 is 1.71 bits per heavy atom. The van der Waals surface area contributed by atoms with Gasteiger partial charge in [-0.05, 0) is 50.0 Å². The van der Waals surface area contributed by atoms with Crippen molar-refractivity contribution in [1.82, 2.24) is 0 Å². The Kier molecular flexibility index (Phi) is 7.26. The lowest BCUT2D eigenvalue weighted by Gasteiger charge is -2.37. The van der Waals surface area contributed by atoms with Crippen LogP contribution in [-0.2, 0) is 0 Å². The van der Waals surface area contributed by atoms with Gasteiger partial charge in [0.1, 0.15) is 0 Å². The second kappa shape index (κ2) is 7.28. The largest absolute Gasteiger partial charge is 0.330 e. The lowest BCUT2D eigenvalue weighted by Crippen LogP contribution is -2.27. The van der Waals surface area contributed by atoms with E-state index in [0.717, 1.165) is 12.5 Å². The van der Waals surface area contributed by atoms with Crippen molar-refractivity contribution in [2.24, 2.45) is 17.1 Å². The fourth-order valence-corrected chi connectivity index (χ4v) is 2.46. The maximum absolute atomic E-state index is 5.67. The third-order valence-corrected chi connectivity index (χ3v) is 3.50. The van der Waals surface area contributed by atoms with E-state index in [2.05, 4.69) is 13.8 Å². The van der Waals surface area contributed by atoms with Gasteiger partial charge in [-0.15, -0.1) is 0 Å². The Hall–Kier alpha value is -0.0400. The molecular weight excluding hydrogens is 170 g/mol. The molecule has 0 amide bonds. The predicted molar refractivity (Wildman–Crippen MR) is 65.4 cm³/mol. The summed E-state index contributed by atoms with van der Waals surface area (Å²) >= 11 is 0. The molecule has 1 rings (SSSR count). The average molecular weight is 199 g/mol. The third-order valence-electron chi connectivity index (χ3n) is 3.50.